The largest absolute Gasteiger partial charge is 0.444 e. The van der Waals surface area contributed by atoms with E-state index in [4.69, 9.17) is 21.9 Å². The number of nitrogen functional groups attached to an aromatic ring is 1. The highest BCUT2D eigenvalue weighted by molar-refractivity contribution is 6.06. The topological polar surface area (TPSA) is 237 Å². The number of nitrogens with zero attached hydrogens (tertiary/aromatic N) is 2. The number of carbonyl (C=O) groups excluding carboxylic acids is 7. The molecular weight excluding hydrogens is 634 g/mol. The van der Waals surface area contributed by atoms with Crippen molar-refractivity contribution in [3.63, 3.8) is 0 Å². The molecule has 15 heteroatoms. The fourth-order valence-corrected chi connectivity index (χ4v) is 6.00. The van der Waals surface area contributed by atoms with Crippen LogP contribution in [0.1, 0.15) is 63.1 Å². The predicted molar refractivity (Wildman–Crippen MR) is 175 cm³/mol. The van der Waals surface area contributed by atoms with Gasteiger partial charge in [-0.15, -0.1) is 0 Å². The number of fused-ring (bicyclic) bond motifs is 2. The van der Waals surface area contributed by atoms with Gasteiger partial charge in [0.2, 0.25) is 23.6 Å². The number of rotatable bonds is 9. The average molecular weight is 670 g/mol. The van der Waals surface area contributed by atoms with Gasteiger partial charge < -0.3 is 31.7 Å². The third-order valence-electron chi connectivity index (χ3n) is 8.38. The maximum Gasteiger partial charge on any atom is 0.411 e. The number of primary amides is 2. The quantitative estimate of drug-likeness (QED) is 0.164. The minimum Gasteiger partial charge on any atom is -0.444 e. The molecular formula is C34H35N7O8. The monoisotopic (exact) mass is 669 g/mol. The summed E-state index contributed by atoms with van der Waals surface area (Å²) in [6.07, 6.45) is -0.422. The first-order valence-electron chi connectivity index (χ1n) is 15.4. The summed E-state index contributed by atoms with van der Waals surface area (Å²) in [5.74, 6) is -2.54. The highest BCUT2D eigenvalue weighted by atomic mass is 16.5. The lowest BCUT2D eigenvalue weighted by atomic mass is 10.0. The van der Waals surface area contributed by atoms with E-state index in [0.717, 1.165) is 11.1 Å². The van der Waals surface area contributed by atoms with Crippen LogP contribution in [-0.4, -0.2) is 63.4 Å². The SMILES string of the molecule is NC(=O)CC(CC(N)=O)N1Cc2c(NC(=O)OCc3ccccc3)cccc2C1=O.Nc1cccc2c1CN(C1CCC(=O)NC1=O)C2=O. The molecule has 6 rings (SSSR count). The molecule has 49 heavy (non-hydrogen) atoms. The molecule has 3 aromatic carbocycles. The van der Waals surface area contributed by atoms with Crippen LogP contribution >= 0.6 is 0 Å². The van der Waals surface area contributed by atoms with Gasteiger partial charge in [-0.2, -0.15) is 0 Å². The number of nitrogens with one attached hydrogen (secondary N) is 2. The van der Waals surface area contributed by atoms with Crippen LogP contribution in [0.2, 0.25) is 0 Å². The van der Waals surface area contributed by atoms with Crippen molar-refractivity contribution in [3.8, 4) is 0 Å². The molecule has 254 valence electrons. The number of carbonyl (C=O) groups is 7. The van der Waals surface area contributed by atoms with E-state index in [1.165, 1.54) is 9.80 Å². The van der Waals surface area contributed by atoms with Crippen LogP contribution in [0.4, 0.5) is 16.2 Å². The second-order valence-electron chi connectivity index (χ2n) is 11.7. The van der Waals surface area contributed by atoms with Crippen molar-refractivity contribution in [1.29, 1.82) is 0 Å². The second-order valence-corrected chi connectivity index (χ2v) is 11.7. The zero-order chi connectivity index (χ0) is 35.2. The van der Waals surface area contributed by atoms with Crippen molar-refractivity contribution in [3.05, 3.63) is 94.5 Å². The highest BCUT2D eigenvalue weighted by Gasteiger charge is 2.40. The van der Waals surface area contributed by atoms with Gasteiger partial charge in [-0.1, -0.05) is 42.5 Å². The number of imide groups is 1. The summed E-state index contributed by atoms with van der Waals surface area (Å²) in [5.41, 5.74) is 20.4. The molecule has 3 aliphatic rings. The van der Waals surface area contributed by atoms with Crippen molar-refractivity contribution in [2.24, 2.45) is 11.5 Å². The second kappa shape index (κ2) is 14.7. The molecule has 8 N–H and O–H groups in total. The Kier molecular flexibility index (Phi) is 10.2. The molecule has 0 saturated carbocycles. The summed E-state index contributed by atoms with van der Waals surface area (Å²) in [7, 11) is 0. The number of amides is 7. The number of nitrogens with two attached hydrogens (primary N) is 3. The first-order valence-corrected chi connectivity index (χ1v) is 15.4. The molecule has 15 nitrogen and oxygen atoms in total. The Balaban J connectivity index is 0.000000211. The van der Waals surface area contributed by atoms with Crippen LogP contribution in [-0.2, 0) is 43.6 Å². The molecule has 1 fully saturated rings. The van der Waals surface area contributed by atoms with E-state index in [0.29, 0.717) is 41.0 Å². The van der Waals surface area contributed by atoms with Crippen molar-refractivity contribution in [1.82, 2.24) is 15.1 Å². The lowest BCUT2D eigenvalue weighted by molar-refractivity contribution is -0.137. The highest BCUT2D eigenvalue weighted by Crippen LogP contribution is 2.33. The maximum absolute atomic E-state index is 12.8. The van der Waals surface area contributed by atoms with E-state index in [-0.39, 0.29) is 50.1 Å². The predicted octanol–water partition coefficient (Wildman–Crippen LogP) is 1.54. The molecule has 0 spiro atoms. The van der Waals surface area contributed by atoms with Crippen LogP contribution in [0, 0.1) is 0 Å². The van der Waals surface area contributed by atoms with Gasteiger partial charge in [0.05, 0.1) is 0 Å². The number of benzene rings is 3. The van der Waals surface area contributed by atoms with Crippen LogP contribution in [0.3, 0.4) is 0 Å². The smallest absolute Gasteiger partial charge is 0.411 e. The molecule has 3 aromatic rings. The zero-order valence-electron chi connectivity index (χ0n) is 26.3. The van der Waals surface area contributed by atoms with Gasteiger partial charge in [-0.25, -0.2) is 4.79 Å². The lowest BCUT2D eigenvalue weighted by Crippen LogP contribution is -2.52. The van der Waals surface area contributed by atoms with Gasteiger partial charge in [0.25, 0.3) is 11.8 Å². The summed E-state index contributed by atoms with van der Waals surface area (Å²) < 4.78 is 5.23. The minimum atomic E-state index is -0.752. The molecule has 0 bridgehead atoms. The molecule has 0 aromatic heterocycles. The first kappa shape index (κ1) is 34.1. The zero-order valence-corrected chi connectivity index (χ0v) is 26.3. The van der Waals surface area contributed by atoms with Crippen molar-refractivity contribution < 1.29 is 38.3 Å². The summed E-state index contributed by atoms with van der Waals surface area (Å²) in [6.45, 7) is 0.535. The van der Waals surface area contributed by atoms with Gasteiger partial charge in [-0.3, -0.25) is 39.4 Å². The first-order chi connectivity index (χ1) is 23.4. The third kappa shape index (κ3) is 7.84. The number of hydrogen-bond donors (Lipinski definition) is 5. The van der Waals surface area contributed by atoms with Crippen molar-refractivity contribution in [2.75, 3.05) is 11.1 Å². The Hall–Kier alpha value is -6.25. The fraction of sp³-hybridized carbons (Fsp3) is 0.265. The van der Waals surface area contributed by atoms with Gasteiger partial charge in [0.1, 0.15) is 12.6 Å². The number of hydrogen-bond acceptors (Lipinski definition) is 9. The summed E-state index contributed by atoms with van der Waals surface area (Å²) >= 11 is 0. The molecule has 3 heterocycles. The molecule has 0 aliphatic carbocycles. The summed E-state index contributed by atoms with van der Waals surface area (Å²) in [6, 6.07) is 17.9. The maximum atomic E-state index is 12.8. The van der Waals surface area contributed by atoms with Crippen LogP contribution in [0.15, 0.2) is 66.7 Å². The molecule has 3 aliphatic heterocycles. The van der Waals surface area contributed by atoms with Gasteiger partial charge in [0, 0.05) is 72.0 Å². The van der Waals surface area contributed by atoms with E-state index in [9.17, 15) is 33.6 Å². The van der Waals surface area contributed by atoms with Gasteiger partial charge >= 0.3 is 6.09 Å². The van der Waals surface area contributed by atoms with Crippen molar-refractivity contribution in [2.45, 2.75) is 57.5 Å². The normalized spacial score (nSPS) is 16.4. The minimum absolute atomic E-state index is 0.103. The van der Waals surface area contributed by atoms with E-state index in [1.54, 1.807) is 36.4 Å². The Morgan fingerprint density at radius 2 is 1.49 bits per heavy atom. The Bertz CT molecular complexity index is 1810. The lowest BCUT2D eigenvalue weighted by Gasteiger charge is -2.29. The Morgan fingerprint density at radius 1 is 0.837 bits per heavy atom. The van der Waals surface area contributed by atoms with E-state index < -0.39 is 35.9 Å². The standard InChI is InChI=1S/C21H22N4O5.C13H13N3O3/c22-18(26)9-14(10-19(23)27)25-11-16-15(20(25)28)7-4-8-17(16)24-21(29)30-12-13-5-2-1-3-6-13;14-9-3-1-2-7-8(9)6-16(13(7)19)10-4-5-11(17)15-12(10)18/h1-8,14H,9-12H2,(H2,22,26)(H2,23,27)(H,24,29);1-3,10H,4-6,14H2,(H,15,17,18). The number of ether oxygens (including phenoxy) is 1. The number of anilines is 2. The Labute approximate surface area is 280 Å². The van der Waals surface area contributed by atoms with Crippen molar-refractivity contribution >= 4 is 52.9 Å². The Morgan fingerprint density at radius 3 is 2.12 bits per heavy atom. The van der Waals surface area contributed by atoms with E-state index in [2.05, 4.69) is 10.6 Å². The number of piperidine rings is 1. The van der Waals surface area contributed by atoms with Crippen LogP contribution < -0.4 is 27.8 Å². The van der Waals surface area contributed by atoms with Gasteiger partial charge in [0.15, 0.2) is 0 Å². The van der Waals surface area contributed by atoms with Crippen LogP contribution in [0.25, 0.3) is 0 Å². The molecule has 1 saturated heterocycles. The third-order valence-corrected chi connectivity index (χ3v) is 8.38. The van der Waals surface area contributed by atoms with E-state index >= 15 is 0 Å². The molecule has 1 atom stereocenters. The van der Waals surface area contributed by atoms with Crippen LogP contribution in [0.5, 0.6) is 0 Å². The summed E-state index contributed by atoms with van der Waals surface area (Å²) in [5, 5.41) is 4.92. The van der Waals surface area contributed by atoms with E-state index in [1.807, 2.05) is 30.3 Å². The average Bonchev–Trinajstić information content (AvgIpc) is 3.58. The molecule has 1 unspecified atom stereocenters. The molecule has 7 amide bonds. The fourth-order valence-electron chi connectivity index (χ4n) is 6.00. The van der Waals surface area contributed by atoms with Gasteiger partial charge in [-0.05, 0) is 36.2 Å². The molecule has 0 radical (unpaired) electrons. The summed E-state index contributed by atoms with van der Waals surface area (Å²) in [4.78, 5) is 85.9.